The van der Waals surface area contributed by atoms with Crippen LogP contribution in [0.5, 0.6) is 5.88 Å². The van der Waals surface area contributed by atoms with E-state index in [-0.39, 0.29) is 18.9 Å². The fraction of sp³-hybridized carbons (Fsp3) is 0.529. The lowest BCUT2D eigenvalue weighted by atomic mass is 9.98. The lowest BCUT2D eigenvalue weighted by Crippen LogP contribution is -2.43. The number of carboxylic acids is 1. The second kappa shape index (κ2) is 7.96. The van der Waals surface area contributed by atoms with E-state index in [2.05, 4.69) is 15.3 Å². The maximum Gasteiger partial charge on any atom is 0.303 e. The van der Waals surface area contributed by atoms with Crippen molar-refractivity contribution in [3.05, 3.63) is 16.3 Å². The van der Waals surface area contributed by atoms with Gasteiger partial charge in [0.1, 0.15) is 11.4 Å². The minimum atomic E-state index is -0.893. The minimum Gasteiger partial charge on any atom is -0.481 e. The first-order valence-corrected chi connectivity index (χ1v) is 8.87. The smallest absolute Gasteiger partial charge is 0.303 e. The zero-order valence-electron chi connectivity index (χ0n) is 15.5. The van der Waals surface area contributed by atoms with E-state index in [0.29, 0.717) is 33.2 Å². The maximum atomic E-state index is 12.7. The zero-order chi connectivity index (χ0) is 19.5. The number of carbonyl (C=O) groups is 2. The SMILES string of the molecule is COCc1nc(OC)c2c(C)c(C(=O)NC(C)(C)CCC(=O)O)sc2n1. The molecule has 0 radical (unpaired) electrons. The summed E-state index contributed by atoms with van der Waals surface area (Å²) in [5.41, 5.74) is 0.0899. The van der Waals surface area contributed by atoms with Gasteiger partial charge in [-0.1, -0.05) is 0 Å². The summed E-state index contributed by atoms with van der Waals surface area (Å²) in [5, 5.41) is 12.4. The average Bonchev–Trinajstić information content (AvgIpc) is 2.89. The highest BCUT2D eigenvalue weighted by atomic mass is 32.1. The molecule has 2 aromatic rings. The summed E-state index contributed by atoms with van der Waals surface area (Å²) in [6.07, 6.45) is 0.317. The Bertz CT molecular complexity index is 831. The molecule has 1 amide bonds. The van der Waals surface area contributed by atoms with Crippen molar-refractivity contribution in [1.29, 1.82) is 0 Å². The predicted molar refractivity (Wildman–Crippen MR) is 97.8 cm³/mol. The molecule has 2 N–H and O–H groups in total. The zero-order valence-corrected chi connectivity index (χ0v) is 16.3. The average molecular weight is 381 g/mol. The first-order chi connectivity index (χ1) is 12.2. The molecule has 0 aliphatic heterocycles. The van der Waals surface area contributed by atoms with Crippen LogP contribution in [0.4, 0.5) is 0 Å². The monoisotopic (exact) mass is 381 g/mol. The number of amides is 1. The molecule has 0 saturated carbocycles. The van der Waals surface area contributed by atoms with Crippen LogP contribution in [-0.2, 0) is 16.1 Å². The summed E-state index contributed by atoms with van der Waals surface area (Å²) in [4.78, 5) is 33.4. The number of nitrogens with zero attached hydrogens (tertiary/aromatic N) is 2. The van der Waals surface area contributed by atoms with Gasteiger partial charge >= 0.3 is 5.97 Å². The number of thiophene rings is 1. The molecule has 2 heterocycles. The number of fused-ring (bicyclic) bond motifs is 1. The number of aromatic nitrogens is 2. The number of aryl methyl sites for hydroxylation is 1. The van der Waals surface area contributed by atoms with Gasteiger partial charge in [0.15, 0.2) is 5.82 Å². The van der Waals surface area contributed by atoms with Gasteiger partial charge in [0.25, 0.3) is 5.91 Å². The molecule has 8 nitrogen and oxygen atoms in total. The van der Waals surface area contributed by atoms with Crippen LogP contribution in [0, 0.1) is 6.92 Å². The number of nitrogens with one attached hydrogen (secondary N) is 1. The van der Waals surface area contributed by atoms with Gasteiger partial charge < -0.3 is 19.9 Å². The molecule has 0 aliphatic carbocycles. The Kier molecular flexibility index (Phi) is 6.14. The van der Waals surface area contributed by atoms with Gasteiger partial charge in [-0.3, -0.25) is 9.59 Å². The molecule has 0 aliphatic rings. The summed E-state index contributed by atoms with van der Waals surface area (Å²) in [6.45, 7) is 5.66. The Hall–Kier alpha value is -2.26. The summed E-state index contributed by atoms with van der Waals surface area (Å²) in [6, 6.07) is 0. The molecule has 26 heavy (non-hydrogen) atoms. The fourth-order valence-electron chi connectivity index (χ4n) is 2.55. The Morgan fingerprint density at radius 3 is 2.54 bits per heavy atom. The van der Waals surface area contributed by atoms with E-state index in [1.807, 2.05) is 6.92 Å². The summed E-state index contributed by atoms with van der Waals surface area (Å²) in [5.74, 6) is -0.279. The van der Waals surface area contributed by atoms with Crippen LogP contribution in [0.2, 0.25) is 0 Å². The van der Waals surface area contributed by atoms with Crippen LogP contribution < -0.4 is 10.1 Å². The van der Waals surface area contributed by atoms with Crippen LogP contribution >= 0.6 is 11.3 Å². The van der Waals surface area contributed by atoms with Crippen LogP contribution in [0.25, 0.3) is 10.2 Å². The molecular formula is C17H23N3O5S. The van der Waals surface area contributed by atoms with Crippen LogP contribution in [0.3, 0.4) is 0 Å². The van der Waals surface area contributed by atoms with Gasteiger partial charge in [-0.2, -0.15) is 4.98 Å². The molecule has 2 aromatic heterocycles. The van der Waals surface area contributed by atoms with Gasteiger partial charge in [0.05, 0.1) is 17.4 Å². The molecule has 0 unspecified atom stereocenters. The molecule has 0 aromatic carbocycles. The van der Waals surface area contributed by atoms with Crippen LogP contribution in [0.15, 0.2) is 0 Å². The molecular weight excluding hydrogens is 358 g/mol. The molecule has 0 spiro atoms. The highest BCUT2D eigenvalue weighted by molar-refractivity contribution is 7.20. The topological polar surface area (TPSA) is 111 Å². The van der Waals surface area contributed by atoms with E-state index in [4.69, 9.17) is 14.6 Å². The van der Waals surface area contributed by atoms with Crippen molar-refractivity contribution < 1.29 is 24.2 Å². The number of carboxylic acid groups (broad SMARTS) is 1. The second-order valence-corrected chi connectivity index (χ2v) is 7.55. The summed E-state index contributed by atoms with van der Waals surface area (Å²) >= 11 is 1.25. The van der Waals surface area contributed by atoms with E-state index >= 15 is 0 Å². The third-order valence-electron chi connectivity index (χ3n) is 3.89. The lowest BCUT2D eigenvalue weighted by Gasteiger charge is -2.25. The molecule has 0 atom stereocenters. The van der Waals surface area contributed by atoms with Crippen molar-refractivity contribution in [2.24, 2.45) is 0 Å². The standard InChI is InChI=1S/C17H23N3O5S/c1-9-12-15(25-5)18-10(8-24-4)19-16(12)26-13(9)14(23)20-17(2,3)7-6-11(21)22/h6-8H2,1-5H3,(H,20,23)(H,21,22). The van der Waals surface area contributed by atoms with Gasteiger partial charge in [0.2, 0.25) is 5.88 Å². The third kappa shape index (κ3) is 4.47. The summed E-state index contributed by atoms with van der Waals surface area (Å²) in [7, 11) is 3.07. The number of carbonyl (C=O) groups excluding carboxylic acids is 1. The molecule has 0 saturated heterocycles. The van der Waals surface area contributed by atoms with Gasteiger partial charge in [-0.25, -0.2) is 4.98 Å². The first-order valence-electron chi connectivity index (χ1n) is 8.05. The number of hydrogen-bond donors (Lipinski definition) is 2. The van der Waals surface area contributed by atoms with Gasteiger partial charge in [0, 0.05) is 19.1 Å². The van der Waals surface area contributed by atoms with Crippen molar-refractivity contribution in [2.75, 3.05) is 14.2 Å². The summed E-state index contributed by atoms with van der Waals surface area (Å²) < 4.78 is 10.4. The molecule has 9 heteroatoms. The van der Waals surface area contributed by atoms with E-state index < -0.39 is 11.5 Å². The Morgan fingerprint density at radius 1 is 1.27 bits per heavy atom. The molecule has 0 fully saturated rings. The molecule has 0 bridgehead atoms. The maximum absolute atomic E-state index is 12.7. The Labute approximate surface area is 155 Å². The van der Waals surface area contributed by atoms with E-state index in [1.54, 1.807) is 21.0 Å². The fourth-order valence-corrected chi connectivity index (χ4v) is 3.63. The minimum absolute atomic E-state index is 0.0155. The Morgan fingerprint density at radius 2 is 1.96 bits per heavy atom. The van der Waals surface area contributed by atoms with E-state index in [0.717, 1.165) is 5.56 Å². The predicted octanol–water partition coefficient (Wildman–Crippen LogP) is 2.53. The number of hydrogen-bond acceptors (Lipinski definition) is 7. The first kappa shape index (κ1) is 20.1. The van der Waals surface area contributed by atoms with Crippen molar-refractivity contribution in [1.82, 2.24) is 15.3 Å². The van der Waals surface area contributed by atoms with E-state index in [9.17, 15) is 9.59 Å². The number of ether oxygens (including phenoxy) is 2. The molecule has 142 valence electrons. The highest BCUT2D eigenvalue weighted by Crippen LogP contribution is 2.35. The quantitative estimate of drug-likeness (QED) is 0.723. The number of aliphatic carboxylic acids is 1. The van der Waals surface area contributed by atoms with Crippen LogP contribution in [0.1, 0.15) is 47.7 Å². The number of methoxy groups -OCH3 is 2. The van der Waals surface area contributed by atoms with Crippen molar-refractivity contribution >= 4 is 33.4 Å². The van der Waals surface area contributed by atoms with Gasteiger partial charge in [-0.15, -0.1) is 11.3 Å². The molecule has 2 rings (SSSR count). The van der Waals surface area contributed by atoms with E-state index in [1.165, 1.54) is 18.4 Å². The van der Waals surface area contributed by atoms with Crippen molar-refractivity contribution in [3.63, 3.8) is 0 Å². The Balaban J connectivity index is 2.36. The van der Waals surface area contributed by atoms with Crippen molar-refractivity contribution in [2.45, 2.75) is 45.8 Å². The van der Waals surface area contributed by atoms with Crippen LogP contribution in [-0.4, -0.2) is 46.7 Å². The highest BCUT2D eigenvalue weighted by Gasteiger charge is 2.26. The lowest BCUT2D eigenvalue weighted by molar-refractivity contribution is -0.137. The van der Waals surface area contributed by atoms with Crippen molar-refractivity contribution in [3.8, 4) is 5.88 Å². The second-order valence-electron chi connectivity index (χ2n) is 6.55. The van der Waals surface area contributed by atoms with Gasteiger partial charge in [-0.05, 0) is 32.8 Å². The normalized spacial score (nSPS) is 11.6. The largest absolute Gasteiger partial charge is 0.481 e. The number of rotatable bonds is 8. The third-order valence-corrected chi connectivity index (χ3v) is 5.08.